The second kappa shape index (κ2) is 17.3. The number of hydrogen-bond donors (Lipinski definition) is 1. The number of ether oxygens (including phenoxy) is 5. The van der Waals surface area contributed by atoms with Crippen LogP contribution in [-0.2, 0) is 29.1 Å². The summed E-state index contributed by atoms with van der Waals surface area (Å²) in [6, 6.07) is 5.52. The van der Waals surface area contributed by atoms with Gasteiger partial charge in [-0.15, -0.1) is 0 Å². The van der Waals surface area contributed by atoms with Crippen molar-refractivity contribution in [1.29, 1.82) is 0 Å². The van der Waals surface area contributed by atoms with Gasteiger partial charge in [-0.3, -0.25) is 4.55 Å². The third-order valence-electron chi connectivity index (χ3n) is 4.63. The van der Waals surface area contributed by atoms with E-state index in [1.807, 2.05) is 0 Å². The van der Waals surface area contributed by atoms with Gasteiger partial charge in [-0.1, -0.05) is 33.1 Å². The molecule has 1 N–H and O–H groups in total. The molecule has 0 radical (unpaired) electrons. The highest BCUT2D eigenvalue weighted by atomic mass is 32.2. The van der Waals surface area contributed by atoms with Crippen molar-refractivity contribution in [3.63, 3.8) is 0 Å². The van der Waals surface area contributed by atoms with Crippen LogP contribution in [0.4, 0.5) is 0 Å². The number of rotatable bonds is 20. The van der Waals surface area contributed by atoms with Crippen molar-refractivity contribution in [1.82, 2.24) is 0 Å². The Bertz CT molecular complexity index is 648. The summed E-state index contributed by atoms with van der Waals surface area (Å²) in [6.07, 6.45) is 4.89. The van der Waals surface area contributed by atoms with Gasteiger partial charge in [0, 0.05) is 6.61 Å². The maximum Gasteiger partial charge on any atom is 0.294 e. The minimum Gasteiger partial charge on any atom is -0.491 e. The predicted octanol–water partition coefficient (Wildman–Crippen LogP) is 3.59. The summed E-state index contributed by atoms with van der Waals surface area (Å²) < 4.78 is 58.3. The molecule has 0 saturated heterocycles. The van der Waals surface area contributed by atoms with Crippen molar-refractivity contribution in [2.45, 2.75) is 44.4 Å². The zero-order chi connectivity index (χ0) is 22.8. The average Bonchev–Trinajstić information content (AvgIpc) is 2.75. The largest absolute Gasteiger partial charge is 0.491 e. The summed E-state index contributed by atoms with van der Waals surface area (Å²) in [5.74, 6) is 1.15. The first-order valence-corrected chi connectivity index (χ1v) is 12.4. The Kier molecular flexibility index (Phi) is 15.6. The summed E-state index contributed by atoms with van der Waals surface area (Å²) in [5.41, 5.74) is 0. The van der Waals surface area contributed by atoms with Gasteiger partial charge in [-0.05, 0) is 36.6 Å². The summed E-state index contributed by atoms with van der Waals surface area (Å²) in [5, 5.41) is 0. The molecule has 31 heavy (non-hydrogen) atoms. The molecule has 0 saturated carbocycles. The van der Waals surface area contributed by atoms with Gasteiger partial charge < -0.3 is 23.7 Å². The third kappa shape index (κ3) is 14.5. The summed E-state index contributed by atoms with van der Waals surface area (Å²) >= 11 is 0. The summed E-state index contributed by atoms with van der Waals surface area (Å²) in [4.78, 5) is -0.169. The van der Waals surface area contributed by atoms with Crippen LogP contribution < -0.4 is 4.74 Å². The van der Waals surface area contributed by atoms with E-state index in [4.69, 9.17) is 28.2 Å². The highest BCUT2D eigenvalue weighted by molar-refractivity contribution is 7.85. The molecule has 0 heterocycles. The van der Waals surface area contributed by atoms with Crippen LogP contribution in [0.1, 0.15) is 39.5 Å². The maximum atomic E-state index is 11.0. The molecule has 0 bridgehead atoms. The number of unbranched alkanes of at least 4 members (excludes halogenated alkanes) is 1. The van der Waals surface area contributed by atoms with Gasteiger partial charge >= 0.3 is 0 Å². The Morgan fingerprint density at radius 2 is 1.32 bits per heavy atom. The van der Waals surface area contributed by atoms with Crippen molar-refractivity contribution in [3.8, 4) is 5.75 Å². The molecule has 9 heteroatoms. The Hall–Kier alpha value is -1.23. The van der Waals surface area contributed by atoms with Gasteiger partial charge in [-0.2, -0.15) is 8.42 Å². The minimum absolute atomic E-state index is 0.169. The smallest absolute Gasteiger partial charge is 0.294 e. The highest BCUT2D eigenvalue weighted by Crippen LogP contribution is 2.15. The van der Waals surface area contributed by atoms with Crippen LogP contribution in [-0.4, -0.2) is 72.4 Å². The molecule has 0 aliphatic rings. The monoisotopic (exact) mass is 462 g/mol. The number of benzene rings is 1. The molecule has 1 atom stereocenters. The quantitative estimate of drug-likeness (QED) is 0.232. The normalized spacial score (nSPS) is 12.7. The number of hydrogen-bond acceptors (Lipinski definition) is 7. The van der Waals surface area contributed by atoms with Gasteiger partial charge in [0.05, 0.1) is 51.1 Å². The van der Waals surface area contributed by atoms with Crippen LogP contribution in [0, 0.1) is 5.92 Å². The van der Waals surface area contributed by atoms with E-state index in [0.29, 0.717) is 64.5 Å². The summed E-state index contributed by atoms with van der Waals surface area (Å²) in [7, 11) is -4.18. The molecule has 0 fully saturated rings. The highest BCUT2D eigenvalue weighted by Gasteiger charge is 2.08. The predicted molar refractivity (Wildman–Crippen MR) is 118 cm³/mol. The second-order valence-electron chi connectivity index (χ2n) is 7.12. The van der Waals surface area contributed by atoms with Crippen molar-refractivity contribution in [2.75, 3.05) is 59.5 Å². The van der Waals surface area contributed by atoms with Gasteiger partial charge in [0.15, 0.2) is 0 Å². The van der Waals surface area contributed by atoms with Gasteiger partial charge in [0.25, 0.3) is 10.1 Å². The van der Waals surface area contributed by atoms with E-state index in [1.165, 1.54) is 43.5 Å². The first-order valence-electron chi connectivity index (χ1n) is 11.0. The molecular weight excluding hydrogens is 424 g/mol. The van der Waals surface area contributed by atoms with Crippen LogP contribution in [0.3, 0.4) is 0 Å². The average molecular weight is 463 g/mol. The minimum atomic E-state index is -4.18. The lowest BCUT2D eigenvalue weighted by Crippen LogP contribution is -2.15. The van der Waals surface area contributed by atoms with Gasteiger partial charge in [-0.25, -0.2) is 0 Å². The zero-order valence-electron chi connectivity index (χ0n) is 18.8. The SMILES string of the molecule is CCCCC(CC)COCCOCCOCCOCCOc1ccc(S(=O)(=O)O)cc1. The van der Waals surface area contributed by atoms with E-state index in [2.05, 4.69) is 13.8 Å². The molecule has 1 unspecified atom stereocenters. The molecule has 180 valence electrons. The fourth-order valence-electron chi connectivity index (χ4n) is 2.73. The Morgan fingerprint density at radius 1 is 0.806 bits per heavy atom. The van der Waals surface area contributed by atoms with Crippen molar-refractivity contribution >= 4 is 10.1 Å². The second-order valence-corrected chi connectivity index (χ2v) is 8.55. The van der Waals surface area contributed by atoms with E-state index >= 15 is 0 Å². The fraction of sp³-hybridized carbons (Fsp3) is 0.727. The van der Waals surface area contributed by atoms with E-state index in [-0.39, 0.29) is 4.90 Å². The lowest BCUT2D eigenvalue weighted by atomic mass is 10.0. The first-order chi connectivity index (χ1) is 15.0. The molecule has 0 aliphatic carbocycles. The Morgan fingerprint density at radius 3 is 1.81 bits per heavy atom. The fourth-order valence-corrected chi connectivity index (χ4v) is 3.21. The lowest BCUT2D eigenvalue weighted by molar-refractivity contribution is -0.00873. The van der Waals surface area contributed by atoms with E-state index in [1.54, 1.807) is 0 Å². The molecule has 8 nitrogen and oxygen atoms in total. The van der Waals surface area contributed by atoms with Gasteiger partial charge in [0.1, 0.15) is 12.4 Å². The first kappa shape index (κ1) is 27.8. The van der Waals surface area contributed by atoms with E-state index < -0.39 is 10.1 Å². The zero-order valence-corrected chi connectivity index (χ0v) is 19.6. The Labute approximate surface area is 186 Å². The molecule has 0 aliphatic heterocycles. The molecule has 1 aromatic carbocycles. The molecule has 1 aromatic rings. The van der Waals surface area contributed by atoms with Crippen molar-refractivity contribution in [2.24, 2.45) is 5.92 Å². The molecule has 1 rings (SSSR count). The Balaban J connectivity index is 1.87. The maximum absolute atomic E-state index is 11.0. The lowest BCUT2D eigenvalue weighted by Gasteiger charge is -2.14. The van der Waals surface area contributed by atoms with Crippen LogP contribution in [0.15, 0.2) is 29.2 Å². The van der Waals surface area contributed by atoms with Crippen molar-refractivity contribution in [3.05, 3.63) is 24.3 Å². The summed E-state index contributed by atoms with van der Waals surface area (Å²) in [6.45, 7) is 9.09. The van der Waals surface area contributed by atoms with Crippen LogP contribution >= 0.6 is 0 Å². The van der Waals surface area contributed by atoms with Crippen LogP contribution in [0.25, 0.3) is 0 Å². The molecular formula is C22H38O8S. The van der Waals surface area contributed by atoms with Gasteiger partial charge in [0.2, 0.25) is 0 Å². The molecule has 0 aromatic heterocycles. The topological polar surface area (TPSA) is 101 Å². The van der Waals surface area contributed by atoms with E-state index in [9.17, 15) is 8.42 Å². The van der Waals surface area contributed by atoms with E-state index in [0.717, 1.165) is 13.0 Å². The van der Waals surface area contributed by atoms with Crippen LogP contribution in [0.5, 0.6) is 5.75 Å². The standard InChI is InChI=1S/C22H38O8S/c1-3-5-6-20(4-2)19-29-16-15-27-12-11-26-13-14-28-17-18-30-21-7-9-22(10-8-21)31(23,24)25/h7-10,20H,3-6,11-19H2,1-2H3,(H,23,24,25). The molecule has 0 spiro atoms. The molecule has 0 amide bonds. The third-order valence-corrected chi connectivity index (χ3v) is 5.50. The van der Waals surface area contributed by atoms with Crippen LogP contribution in [0.2, 0.25) is 0 Å². The van der Waals surface area contributed by atoms with Crippen molar-refractivity contribution < 1.29 is 36.7 Å².